The summed E-state index contributed by atoms with van der Waals surface area (Å²) >= 11 is 0. The minimum Gasteiger partial charge on any atom is -0.314 e. The van der Waals surface area contributed by atoms with Gasteiger partial charge in [0.2, 0.25) is 0 Å². The summed E-state index contributed by atoms with van der Waals surface area (Å²) < 4.78 is 0. The first-order valence-electron chi connectivity index (χ1n) is 6.95. The molecule has 2 aliphatic rings. The van der Waals surface area contributed by atoms with Crippen molar-refractivity contribution in [2.24, 2.45) is 5.92 Å². The average molecular weight is 303 g/mol. The van der Waals surface area contributed by atoms with Gasteiger partial charge in [-0.2, -0.15) is 0 Å². The van der Waals surface area contributed by atoms with E-state index >= 15 is 0 Å². The number of hydrogen-bond donors (Lipinski definition) is 1. The molecule has 1 N–H and O–H groups in total. The first-order valence-corrected chi connectivity index (χ1v) is 6.95. The highest BCUT2D eigenvalue weighted by atomic mass is 35.5. The fourth-order valence-electron chi connectivity index (χ4n) is 3.15. The maximum Gasteiger partial charge on any atom is 0.0377 e. The van der Waals surface area contributed by atoms with Crippen LogP contribution in [-0.4, -0.2) is 31.1 Å². The van der Waals surface area contributed by atoms with Crippen molar-refractivity contribution < 1.29 is 0 Å². The van der Waals surface area contributed by atoms with Crippen LogP contribution in [0, 0.1) is 5.92 Å². The van der Waals surface area contributed by atoms with E-state index in [4.69, 9.17) is 0 Å². The van der Waals surface area contributed by atoms with E-state index in [-0.39, 0.29) is 24.8 Å². The maximum absolute atomic E-state index is 3.45. The number of hydrogen-bond acceptors (Lipinski definition) is 2. The summed E-state index contributed by atoms with van der Waals surface area (Å²) in [6.45, 7) is 4.71. The van der Waals surface area contributed by atoms with Gasteiger partial charge in [-0.25, -0.2) is 0 Å². The normalized spacial score (nSPS) is 21.7. The van der Waals surface area contributed by atoms with E-state index in [2.05, 4.69) is 40.5 Å². The quantitative estimate of drug-likeness (QED) is 0.922. The Morgan fingerprint density at radius 2 is 1.63 bits per heavy atom. The molecule has 108 valence electrons. The van der Waals surface area contributed by atoms with Gasteiger partial charge in [-0.3, -0.25) is 4.90 Å². The molecule has 1 aromatic carbocycles. The van der Waals surface area contributed by atoms with E-state index in [9.17, 15) is 0 Å². The number of nitrogens with zero attached hydrogens (tertiary/aromatic N) is 1. The molecule has 0 bridgehead atoms. The standard InChI is InChI=1S/C15H22N2.2ClH/c1-2-5-13(6-3-1)15(14-7-4-8-14)17-11-9-16-10-12-17;;/h1-3,5-6,14-16H,4,7-12H2;2*1H/t15-;;/m0../s1. The second-order valence-corrected chi connectivity index (χ2v) is 5.33. The minimum absolute atomic E-state index is 0. The lowest BCUT2D eigenvalue weighted by Crippen LogP contribution is -2.47. The lowest BCUT2D eigenvalue weighted by Gasteiger charge is -2.43. The zero-order valence-electron chi connectivity index (χ0n) is 11.3. The third-order valence-corrected chi connectivity index (χ3v) is 4.28. The lowest BCUT2D eigenvalue weighted by atomic mass is 9.76. The predicted octanol–water partition coefficient (Wildman–Crippen LogP) is 3.28. The Hall–Kier alpha value is -0.280. The molecule has 0 amide bonds. The van der Waals surface area contributed by atoms with Crippen LogP contribution in [0.4, 0.5) is 0 Å². The van der Waals surface area contributed by atoms with Gasteiger partial charge >= 0.3 is 0 Å². The van der Waals surface area contributed by atoms with Gasteiger partial charge in [0, 0.05) is 32.2 Å². The van der Waals surface area contributed by atoms with Crippen molar-refractivity contribution in [3.05, 3.63) is 35.9 Å². The van der Waals surface area contributed by atoms with Gasteiger partial charge in [-0.1, -0.05) is 36.8 Å². The van der Waals surface area contributed by atoms with Crippen molar-refractivity contribution >= 4 is 24.8 Å². The summed E-state index contributed by atoms with van der Waals surface area (Å²) in [4.78, 5) is 2.69. The second kappa shape index (κ2) is 8.11. The molecular formula is C15H24Cl2N2. The fourth-order valence-corrected chi connectivity index (χ4v) is 3.15. The van der Waals surface area contributed by atoms with Crippen molar-refractivity contribution in [1.82, 2.24) is 10.2 Å². The highest BCUT2D eigenvalue weighted by Gasteiger charge is 2.33. The molecule has 1 saturated carbocycles. The predicted molar refractivity (Wildman–Crippen MR) is 85.5 cm³/mol. The van der Waals surface area contributed by atoms with Gasteiger partial charge in [0.15, 0.2) is 0 Å². The number of halogens is 2. The van der Waals surface area contributed by atoms with Crippen molar-refractivity contribution in [1.29, 1.82) is 0 Å². The van der Waals surface area contributed by atoms with Crippen LogP contribution in [0.5, 0.6) is 0 Å². The summed E-state index contributed by atoms with van der Waals surface area (Å²) in [5, 5.41) is 3.45. The molecule has 19 heavy (non-hydrogen) atoms. The number of nitrogens with one attached hydrogen (secondary N) is 1. The van der Waals surface area contributed by atoms with Crippen LogP contribution < -0.4 is 5.32 Å². The molecule has 2 nitrogen and oxygen atoms in total. The molecule has 1 aliphatic heterocycles. The molecular weight excluding hydrogens is 279 g/mol. The molecule has 1 atom stereocenters. The zero-order valence-corrected chi connectivity index (χ0v) is 12.9. The molecule has 3 rings (SSSR count). The number of rotatable bonds is 3. The van der Waals surface area contributed by atoms with Crippen molar-refractivity contribution in [2.45, 2.75) is 25.3 Å². The summed E-state index contributed by atoms with van der Waals surface area (Å²) in [7, 11) is 0. The third-order valence-electron chi connectivity index (χ3n) is 4.28. The highest BCUT2D eigenvalue weighted by molar-refractivity contribution is 5.85. The fraction of sp³-hybridized carbons (Fsp3) is 0.600. The zero-order chi connectivity index (χ0) is 11.5. The van der Waals surface area contributed by atoms with Crippen LogP contribution in [0.1, 0.15) is 30.9 Å². The smallest absolute Gasteiger partial charge is 0.0377 e. The van der Waals surface area contributed by atoms with E-state index in [1.54, 1.807) is 0 Å². The maximum atomic E-state index is 3.45. The molecule has 1 saturated heterocycles. The molecule has 0 aromatic heterocycles. The highest BCUT2D eigenvalue weighted by Crippen LogP contribution is 2.41. The molecule has 2 fully saturated rings. The van der Waals surface area contributed by atoms with Crippen LogP contribution >= 0.6 is 24.8 Å². The van der Waals surface area contributed by atoms with Gasteiger partial charge in [-0.15, -0.1) is 24.8 Å². The summed E-state index contributed by atoms with van der Waals surface area (Å²) in [6, 6.07) is 11.8. The van der Waals surface area contributed by atoms with Gasteiger partial charge < -0.3 is 5.32 Å². The first kappa shape index (κ1) is 16.8. The average Bonchev–Trinajstić information content (AvgIpc) is 2.36. The molecule has 0 spiro atoms. The first-order chi connectivity index (χ1) is 8.45. The van der Waals surface area contributed by atoms with Crippen molar-refractivity contribution in [3.63, 3.8) is 0 Å². The minimum atomic E-state index is 0. The Kier molecular flexibility index (Phi) is 7.16. The van der Waals surface area contributed by atoms with Crippen LogP contribution in [0.25, 0.3) is 0 Å². The van der Waals surface area contributed by atoms with Gasteiger partial charge in [-0.05, 0) is 24.3 Å². The van der Waals surface area contributed by atoms with E-state index in [1.807, 2.05) is 0 Å². The van der Waals surface area contributed by atoms with Crippen molar-refractivity contribution in [2.75, 3.05) is 26.2 Å². The van der Waals surface area contributed by atoms with Gasteiger partial charge in [0.1, 0.15) is 0 Å². The largest absolute Gasteiger partial charge is 0.314 e. The third kappa shape index (κ3) is 3.85. The molecule has 1 aliphatic carbocycles. The molecule has 1 heterocycles. The molecule has 4 heteroatoms. The van der Waals surface area contributed by atoms with Gasteiger partial charge in [0.25, 0.3) is 0 Å². The number of benzene rings is 1. The SMILES string of the molecule is Cl.Cl.c1ccc([C@@H](C2CCC2)N2CCNCC2)cc1. The monoisotopic (exact) mass is 302 g/mol. The summed E-state index contributed by atoms with van der Waals surface area (Å²) in [5.74, 6) is 0.899. The van der Waals surface area contributed by atoms with E-state index in [0.717, 1.165) is 19.0 Å². The molecule has 0 radical (unpaired) electrons. The van der Waals surface area contributed by atoms with Crippen LogP contribution in [0.2, 0.25) is 0 Å². The number of piperazine rings is 1. The van der Waals surface area contributed by atoms with E-state index in [0.29, 0.717) is 6.04 Å². The van der Waals surface area contributed by atoms with Crippen molar-refractivity contribution in [3.8, 4) is 0 Å². The lowest BCUT2D eigenvalue weighted by molar-refractivity contribution is 0.0837. The topological polar surface area (TPSA) is 15.3 Å². The Balaban J connectivity index is 0.000000902. The Morgan fingerprint density at radius 1 is 1.00 bits per heavy atom. The van der Waals surface area contributed by atoms with Crippen LogP contribution in [0.3, 0.4) is 0 Å². The Labute approximate surface area is 128 Å². The molecule has 1 aromatic rings. The van der Waals surface area contributed by atoms with E-state index in [1.165, 1.54) is 37.9 Å². The van der Waals surface area contributed by atoms with E-state index < -0.39 is 0 Å². The second-order valence-electron chi connectivity index (χ2n) is 5.33. The summed E-state index contributed by atoms with van der Waals surface area (Å²) in [6.07, 6.45) is 4.27. The summed E-state index contributed by atoms with van der Waals surface area (Å²) in [5.41, 5.74) is 1.53. The van der Waals surface area contributed by atoms with Gasteiger partial charge in [0.05, 0.1) is 0 Å². The Bertz CT molecular complexity index is 348. The molecule has 0 unspecified atom stereocenters. The van der Waals surface area contributed by atoms with Crippen LogP contribution in [-0.2, 0) is 0 Å². The Morgan fingerprint density at radius 3 is 2.16 bits per heavy atom. The van der Waals surface area contributed by atoms with Crippen LogP contribution in [0.15, 0.2) is 30.3 Å².